The summed E-state index contributed by atoms with van der Waals surface area (Å²) in [6.07, 6.45) is 1.92. The number of rotatable bonds is 7. The van der Waals surface area contributed by atoms with E-state index in [1.54, 1.807) is 37.8 Å². The summed E-state index contributed by atoms with van der Waals surface area (Å²) in [6, 6.07) is 24.3. The molecule has 1 atom stereocenters. The van der Waals surface area contributed by atoms with Gasteiger partial charge in [-0.2, -0.15) is 0 Å². The second kappa shape index (κ2) is 12.1. The third-order valence-corrected chi connectivity index (χ3v) is 9.07. The van der Waals surface area contributed by atoms with Crippen LogP contribution in [0.3, 0.4) is 0 Å². The maximum atomic E-state index is 14.3. The van der Waals surface area contributed by atoms with Crippen molar-refractivity contribution in [1.29, 1.82) is 0 Å². The van der Waals surface area contributed by atoms with E-state index in [4.69, 9.17) is 14.5 Å². The zero-order valence-electron chi connectivity index (χ0n) is 26.0. The summed E-state index contributed by atoms with van der Waals surface area (Å²) in [5.41, 5.74) is 7.22. The highest BCUT2D eigenvalue weighted by atomic mass is 32.1. The number of ether oxygens (including phenoxy) is 2. The standard InChI is InChI=1S/C36H34N4O4S/c1-21-12-14-27(15-13-21)39-22(2)18-25(24(39)4)19-31-35(42)40-33(29-17-16-28(43-5)20-30(29)44-6)32(23(3)37-36(40)45-31)34(41)38-26-10-8-7-9-11-26/h7-20,33H,1-6H3,(H,38,41)/b31-19-/t33-/m1/s1. The summed E-state index contributed by atoms with van der Waals surface area (Å²) in [7, 11) is 3.14. The number of anilines is 1. The summed E-state index contributed by atoms with van der Waals surface area (Å²) < 4.78 is 15.5. The molecule has 0 fully saturated rings. The van der Waals surface area contributed by atoms with Gasteiger partial charge in [0, 0.05) is 34.4 Å². The number of amides is 1. The van der Waals surface area contributed by atoms with E-state index in [-0.39, 0.29) is 11.5 Å². The molecule has 45 heavy (non-hydrogen) atoms. The number of hydrogen-bond donors (Lipinski definition) is 1. The first-order valence-corrected chi connectivity index (χ1v) is 15.4. The normalized spacial score (nSPS) is 14.6. The monoisotopic (exact) mass is 618 g/mol. The lowest BCUT2D eigenvalue weighted by Gasteiger charge is -2.26. The first-order chi connectivity index (χ1) is 21.7. The fourth-order valence-electron chi connectivity index (χ4n) is 5.84. The first-order valence-electron chi connectivity index (χ1n) is 14.6. The molecule has 5 aromatic rings. The minimum absolute atomic E-state index is 0.237. The largest absolute Gasteiger partial charge is 0.497 e. The van der Waals surface area contributed by atoms with Crippen LogP contribution in [0.2, 0.25) is 0 Å². The van der Waals surface area contributed by atoms with E-state index >= 15 is 0 Å². The summed E-state index contributed by atoms with van der Waals surface area (Å²) in [6.45, 7) is 7.98. The lowest BCUT2D eigenvalue weighted by atomic mass is 9.94. The van der Waals surface area contributed by atoms with Crippen molar-refractivity contribution in [3.8, 4) is 17.2 Å². The van der Waals surface area contributed by atoms with Crippen LogP contribution < -0.4 is 29.7 Å². The molecule has 0 saturated carbocycles. The molecule has 0 spiro atoms. The molecule has 0 radical (unpaired) electrons. The van der Waals surface area contributed by atoms with Gasteiger partial charge in [0.25, 0.3) is 11.5 Å². The summed E-state index contributed by atoms with van der Waals surface area (Å²) in [4.78, 5) is 33.5. The zero-order chi connectivity index (χ0) is 31.8. The second-order valence-electron chi connectivity index (χ2n) is 11.0. The van der Waals surface area contributed by atoms with Crippen LogP contribution in [0.4, 0.5) is 5.69 Å². The number of methoxy groups -OCH3 is 2. The highest BCUT2D eigenvalue weighted by molar-refractivity contribution is 7.07. The number of allylic oxidation sites excluding steroid dienone is 1. The smallest absolute Gasteiger partial charge is 0.271 e. The second-order valence-corrected chi connectivity index (χ2v) is 12.0. The SMILES string of the molecule is COc1ccc([C@@H]2C(C(=O)Nc3ccccc3)=C(C)N=c3s/c(=C\c4cc(C)n(-c5ccc(C)cc5)c4C)c(=O)n32)c(OC)c1. The Balaban J connectivity index is 1.52. The third kappa shape index (κ3) is 5.51. The summed E-state index contributed by atoms with van der Waals surface area (Å²) >= 11 is 1.31. The van der Waals surface area contributed by atoms with Gasteiger partial charge >= 0.3 is 0 Å². The van der Waals surface area contributed by atoms with E-state index in [0.29, 0.717) is 43.4 Å². The van der Waals surface area contributed by atoms with Gasteiger partial charge < -0.3 is 19.4 Å². The third-order valence-electron chi connectivity index (χ3n) is 8.08. The molecular weight excluding hydrogens is 584 g/mol. The van der Waals surface area contributed by atoms with Gasteiger partial charge in [-0.25, -0.2) is 4.99 Å². The van der Waals surface area contributed by atoms with Gasteiger partial charge in [0.1, 0.15) is 17.5 Å². The number of thiazole rings is 1. The number of aromatic nitrogens is 2. The van der Waals surface area contributed by atoms with Crippen LogP contribution in [0.1, 0.15) is 41.0 Å². The Morgan fingerprint density at radius 3 is 2.36 bits per heavy atom. The Hall–Kier alpha value is -5.15. The molecule has 1 N–H and O–H groups in total. The Kier molecular flexibility index (Phi) is 8.03. The number of nitrogens with zero attached hydrogens (tertiary/aromatic N) is 3. The molecule has 1 aliphatic heterocycles. The average Bonchev–Trinajstić information content (AvgIpc) is 3.50. The number of hydrogen-bond acceptors (Lipinski definition) is 6. The van der Waals surface area contributed by atoms with Crippen LogP contribution in [-0.4, -0.2) is 29.3 Å². The molecule has 2 aromatic heterocycles. The minimum Gasteiger partial charge on any atom is -0.497 e. The van der Waals surface area contributed by atoms with Gasteiger partial charge in [0.15, 0.2) is 4.80 Å². The zero-order valence-corrected chi connectivity index (χ0v) is 26.9. The Labute approximate surface area is 265 Å². The number of carbonyl (C=O) groups is 1. The summed E-state index contributed by atoms with van der Waals surface area (Å²) in [5, 5.41) is 2.99. The molecule has 0 aliphatic carbocycles. The van der Waals surface area contributed by atoms with Crippen LogP contribution in [0.15, 0.2) is 99.9 Å². The molecule has 1 aliphatic rings. The molecule has 3 heterocycles. The fourth-order valence-corrected chi connectivity index (χ4v) is 6.87. The number of benzene rings is 3. The highest BCUT2D eigenvalue weighted by Crippen LogP contribution is 2.37. The lowest BCUT2D eigenvalue weighted by molar-refractivity contribution is -0.113. The number of aryl methyl sites for hydroxylation is 2. The summed E-state index contributed by atoms with van der Waals surface area (Å²) in [5.74, 6) is 0.749. The van der Waals surface area contributed by atoms with E-state index in [9.17, 15) is 9.59 Å². The highest BCUT2D eigenvalue weighted by Gasteiger charge is 2.34. The van der Waals surface area contributed by atoms with Crippen molar-refractivity contribution >= 4 is 29.0 Å². The van der Waals surface area contributed by atoms with Gasteiger partial charge in [-0.1, -0.05) is 47.2 Å². The number of nitrogens with one attached hydrogen (secondary N) is 1. The molecule has 0 unspecified atom stereocenters. The van der Waals surface area contributed by atoms with E-state index in [2.05, 4.69) is 61.0 Å². The van der Waals surface area contributed by atoms with Crippen molar-refractivity contribution in [3.05, 3.63) is 138 Å². The molecule has 228 valence electrons. The molecule has 0 saturated heterocycles. The molecule has 9 heteroatoms. The van der Waals surface area contributed by atoms with E-state index in [0.717, 1.165) is 22.6 Å². The molecule has 6 rings (SSSR count). The van der Waals surface area contributed by atoms with Gasteiger partial charge in [-0.15, -0.1) is 0 Å². The minimum atomic E-state index is -0.784. The number of carbonyl (C=O) groups excluding carboxylic acids is 1. The van der Waals surface area contributed by atoms with Crippen molar-refractivity contribution in [2.45, 2.75) is 33.7 Å². The van der Waals surface area contributed by atoms with Gasteiger partial charge in [-0.05, 0) is 81.8 Å². The predicted octanol–water partition coefficient (Wildman–Crippen LogP) is 5.61. The van der Waals surface area contributed by atoms with E-state index in [1.807, 2.05) is 42.5 Å². The maximum absolute atomic E-state index is 14.3. The Morgan fingerprint density at radius 1 is 0.933 bits per heavy atom. The van der Waals surface area contributed by atoms with Crippen molar-refractivity contribution in [2.75, 3.05) is 19.5 Å². The van der Waals surface area contributed by atoms with Crippen molar-refractivity contribution in [1.82, 2.24) is 9.13 Å². The first kappa shape index (κ1) is 29.9. The topological polar surface area (TPSA) is 86.9 Å². The Morgan fingerprint density at radius 2 is 1.67 bits per heavy atom. The quantitative estimate of drug-likeness (QED) is 0.257. The van der Waals surface area contributed by atoms with Crippen LogP contribution in [0, 0.1) is 20.8 Å². The number of para-hydroxylation sites is 1. The molecule has 1 amide bonds. The number of fused-ring (bicyclic) bond motifs is 1. The molecule has 0 bridgehead atoms. The molecule has 3 aromatic carbocycles. The maximum Gasteiger partial charge on any atom is 0.271 e. The van der Waals surface area contributed by atoms with Crippen LogP contribution >= 0.6 is 11.3 Å². The fraction of sp³-hybridized carbons (Fsp3) is 0.194. The van der Waals surface area contributed by atoms with Crippen LogP contribution in [-0.2, 0) is 4.79 Å². The predicted molar refractivity (Wildman–Crippen MR) is 178 cm³/mol. The van der Waals surface area contributed by atoms with Crippen molar-refractivity contribution in [3.63, 3.8) is 0 Å². The van der Waals surface area contributed by atoms with Gasteiger partial charge in [0.05, 0.1) is 30.0 Å². The Bertz CT molecular complexity index is 2140. The molecule has 8 nitrogen and oxygen atoms in total. The van der Waals surface area contributed by atoms with E-state index < -0.39 is 6.04 Å². The van der Waals surface area contributed by atoms with Crippen LogP contribution in [0.5, 0.6) is 11.5 Å². The lowest BCUT2D eigenvalue weighted by Crippen LogP contribution is -2.40. The van der Waals surface area contributed by atoms with Crippen LogP contribution in [0.25, 0.3) is 11.8 Å². The average molecular weight is 619 g/mol. The molecular formula is C36H34N4O4S. The van der Waals surface area contributed by atoms with Crippen molar-refractivity contribution < 1.29 is 14.3 Å². The van der Waals surface area contributed by atoms with E-state index in [1.165, 1.54) is 16.9 Å². The van der Waals surface area contributed by atoms with Crippen molar-refractivity contribution in [2.24, 2.45) is 4.99 Å². The van der Waals surface area contributed by atoms with Gasteiger partial charge in [0.2, 0.25) is 0 Å². The van der Waals surface area contributed by atoms with Gasteiger partial charge in [-0.3, -0.25) is 14.2 Å².